The van der Waals surface area contributed by atoms with Crippen molar-refractivity contribution >= 4 is 54.1 Å². The van der Waals surface area contributed by atoms with E-state index in [2.05, 4.69) is 174 Å². The van der Waals surface area contributed by atoms with Gasteiger partial charge >= 0.3 is 0 Å². The molecule has 0 aliphatic carbocycles. The maximum Gasteiger partial charge on any atom is 0.164 e. The zero-order valence-corrected chi connectivity index (χ0v) is 26.5. The van der Waals surface area contributed by atoms with Gasteiger partial charge in [-0.2, -0.15) is 0 Å². The van der Waals surface area contributed by atoms with E-state index in [1.165, 1.54) is 21.7 Å². The molecule has 0 unspecified atom stereocenters. The van der Waals surface area contributed by atoms with E-state index in [0.29, 0.717) is 17.5 Å². The van der Waals surface area contributed by atoms with Crippen LogP contribution in [0.15, 0.2) is 170 Å². The first kappa shape index (κ1) is 27.5. The zero-order valence-electron chi connectivity index (χ0n) is 26.5. The van der Waals surface area contributed by atoms with Crippen LogP contribution in [-0.2, 0) is 0 Å². The quantitative estimate of drug-likeness (QED) is 0.196. The number of aromatic nitrogens is 4. The highest BCUT2D eigenvalue weighted by molar-refractivity contribution is 6.22. The number of fused-ring (bicyclic) bond motifs is 7. The second-order valence-corrected chi connectivity index (χ2v) is 12.4. The predicted molar refractivity (Wildman–Crippen MR) is 203 cm³/mol. The molecule has 0 bridgehead atoms. The van der Waals surface area contributed by atoms with Gasteiger partial charge in [0, 0.05) is 38.5 Å². The van der Waals surface area contributed by atoms with Gasteiger partial charge in [-0.15, -0.1) is 0 Å². The first-order valence-corrected chi connectivity index (χ1v) is 16.5. The molecule has 0 N–H and O–H groups in total. The van der Waals surface area contributed by atoms with Gasteiger partial charge in [-0.05, 0) is 51.2 Å². The third kappa shape index (κ3) is 4.42. The minimum absolute atomic E-state index is 0.645. The summed E-state index contributed by atoms with van der Waals surface area (Å²) < 4.78 is 2.38. The normalized spacial score (nSPS) is 11.7. The van der Waals surface area contributed by atoms with Gasteiger partial charge in [0.15, 0.2) is 17.5 Å². The minimum Gasteiger partial charge on any atom is -0.309 e. The van der Waals surface area contributed by atoms with Crippen molar-refractivity contribution in [1.29, 1.82) is 0 Å². The lowest BCUT2D eigenvalue weighted by Gasteiger charge is -2.12. The van der Waals surface area contributed by atoms with Gasteiger partial charge < -0.3 is 4.57 Å². The van der Waals surface area contributed by atoms with Crippen molar-refractivity contribution in [2.24, 2.45) is 0 Å². The largest absolute Gasteiger partial charge is 0.309 e. The topological polar surface area (TPSA) is 43.6 Å². The second-order valence-electron chi connectivity index (χ2n) is 12.4. The summed E-state index contributed by atoms with van der Waals surface area (Å²) in [6.45, 7) is 0. The van der Waals surface area contributed by atoms with Gasteiger partial charge in [0.25, 0.3) is 0 Å². The van der Waals surface area contributed by atoms with Crippen molar-refractivity contribution in [2.45, 2.75) is 0 Å². The Morgan fingerprint density at radius 3 is 1.80 bits per heavy atom. The monoisotopic (exact) mass is 624 g/mol. The number of hydrogen-bond donors (Lipinski definition) is 0. The van der Waals surface area contributed by atoms with Crippen LogP contribution in [0.2, 0.25) is 0 Å². The molecule has 8 aromatic carbocycles. The molecule has 0 saturated heterocycles. The van der Waals surface area contributed by atoms with Gasteiger partial charge in [-0.25, -0.2) is 15.0 Å². The van der Waals surface area contributed by atoms with E-state index in [4.69, 9.17) is 15.0 Å². The molecule has 0 radical (unpaired) electrons. The third-order valence-corrected chi connectivity index (χ3v) is 9.61. The Hall–Kier alpha value is -6.65. The van der Waals surface area contributed by atoms with Gasteiger partial charge in [0.05, 0.1) is 11.0 Å². The van der Waals surface area contributed by atoms with Crippen LogP contribution >= 0.6 is 0 Å². The Balaban J connectivity index is 1.31. The SMILES string of the molecule is c1ccc(-n2c3cccc(-c4nc(-c5ccc6ccccc6c5)nc(-c5cccc6ccccc56)n4)c3c3ccc4ccccc4c32)cc1. The molecule has 0 amide bonds. The second kappa shape index (κ2) is 11.0. The lowest BCUT2D eigenvalue weighted by atomic mass is 10.0. The predicted octanol–water partition coefficient (Wildman–Crippen LogP) is 11.4. The van der Waals surface area contributed by atoms with E-state index in [1.54, 1.807) is 0 Å². The molecule has 0 atom stereocenters. The van der Waals surface area contributed by atoms with Crippen molar-refractivity contribution in [3.8, 4) is 39.9 Å². The van der Waals surface area contributed by atoms with Crippen molar-refractivity contribution in [3.63, 3.8) is 0 Å². The Morgan fingerprint density at radius 1 is 0.367 bits per heavy atom. The number of nitrogens with zero attached hydrogens (tertiary/aromatic N) is 4. The number of hydrogen-bond acceptors (Lipinski definition) is 3. The zero-order chi connectivity index (χ0) is 32.3. The number of rotatable bonds is 4. The van der Waals surface area contributed by atoms with Crippen molar-refractivity contribution < 1.29 is 0 Å². The summed E-state index contributed by atoms with van der Waals surface area (Å²) in [5.41, 5.74) is 6.29. The summed E-state index contributed by atoms with van der Waals surface area (Å²) >= 11 is 0. The van der Waals surface area contributed by atoms with Crippen LogP contribution in [-0.4, -0.2) is 19.5 Å². The van der Waals surface area contributed by atoms with E-state index in [1.807, 2.05) is 0 Å². The highest BCUT2D eigenvalue weighted by Crippen LogP contribution is 2.41. The van der Waals surface area contributed by atoms with Crippen molar-refractivity contribution in [2.75, 3.05) is 0 Å². The summed E-state index contributed by atoms with van der Waals surface area (Å²) in [7, 11) is 0. The maximum absolute atomic E-state index is 5.28. The molecule has 0 fully saturated rings. The van der Waals surface area contributed by atoms with Gasteiger partial charge in [0.1, 0.15) is 0 Å². The average molecular weight is 625 g/mol. The molecule has 0 saturated carbocycles. The van der Waals surface area contributed by atoms with E-state index in [-0.39, 0.29) is 0 Å². The molecule has 49 heavy (non-hydrogen) atoms. The van der Waals surface area contributed by atoms with Crippen LogP contribution in [0.25, 0.3) is 94.0 Å². The summed E-state index contributed by atoms with van der Waals surface area (Å²) in [6.07, 6.45) is 0. The fourth-order valence-corrected chi connectivity index (χ4v) is 7.35. The molecule has 0 aliphatic rings. The molecule has 2 aromatic heterocycles. The Kier molecular flexibility index (Phi) is 6.15. The van der Waals surface area contributed by atoms with Crippen molar-refractivity contribution in [3.05, 3.63) is 170 Å². The summed E-state index contributed by atoms with van der Waals surface area (Å²) in [4.78, 5) is 15.7. The fourth-order valence-electron chi connectivity index (χ4n) is 7.35. The van der Waals surface area contributed by atoms with Crippen LogP contribution in [0.5, 0.6) is 0 Å². The first-order chi connectivity index (χ1) is 24.3. The standard InChI is InChI=1S/C45H28N4/c1-2-17-34(18-3-1)49-40-23-11-22-39(41(40)38-27-26-31-14-7-9-20-36(31)42(38)49)45-47-43(33-25-24-29-12-4-5-15-32(29)28-33)46-44(48-45)37-21-10-16-30-13-6-8-19-35(30)37/h1-28H. The number of benzene rings is 8. The molecule has 228 valence electrons. The van der Waals surface area contributed by atoms with Crippen LogP contribution in [0, 0.1) is 0 Å². The highest BCUT2D eigenvalue weighted by atomic mass is 15.0. The van der Waals surface area contributed by atoms with Gasteiger partial charge in [-0.1, -0.05) is 146 Å². The Morgan fingerprint density at radius 2 is 0.959 bits per heavy atom. The maximum atomic E-state index is 5.28. The highest BCUT2D eigenvalue weighted by Gasteiger charge is 2.21. The van der Waals surface area contributed by atoms with Crippen LogP contribution < -0.4 is 0 Å². The average Bonchev–Trinajstić information content (AvgIpc) is 3.53. The molecule has 4 nitrogen and oxygen atoms in total. The smallest absolute Gasteiger partial charge is 0.164 e. The summed E-state index contributed by atoms with van der Waals surface area (Å²) in [5.74, 6) is 1.94. The van der Waals surface area contributed by atoms with Crippen LogP contribution in [0.1, 0.15) is 0 Å². The summed E-state index contributed by atoms with van der Waals surface area (Å²) in [6, 6.07) is 59.7. The van der Waals surface area contributed by atoms with E-state index in [0.717, 1.165) is 54.8 Å². The lowest BCUT2D eigenvalue weighted by Crippen LogP contribution is -2.01. The molecule has 10 rings (SSSR count). The third-order valence-electron chi connectivity index (χ3n) is 9.61. The Labute approximate surface area is 282 Å². The minimum atomic E-state index is 0.645. The molecular formula is C45H28N4. The number of para-hydroxylation sites is 1. The first-order valence-electron chi connectivity index (χ1n) is 16.5. The van der Waals surface area contributed by atoms with E-state index >= 15 is 0 Å². The van der Waals surface area contributed by atoms with E-state index in [9.17, 15) is 0 Å². The van der Waals surface area contributed by atoms with Gasteiger partial charge in [-0.3, -0.25) is 0 Å². The fraction of sp³-hybridized carbons (Fsp3) is 0. The van der Waals surface area contributed by atoms with Crippen LogP contribution in [0.4, 0.5) is 0 Å². The molecule has 4 heteroatoms. The molecule has 10 aromatic rings. The Bertz CT molecular complexity index is 2880. The van der Waals surface area contributed by atoms with Crippen LogP contribution in [0.3, 0.4) is 0 Å². The molecule has 0 aliphatic heterocycles. The lowest BCUT2D eigenvalue weighted by molar-refractivity contribution is 1.08. The molecular weight excluding hydrogens is 597 g/mol. The van der Waals surface area contributed by atoms with E-state index < -0.39 is 0 Å². The van der Waals surface area contributed by atoms with Gasteiger partial charge in [0.2, 0.25) is 0 Å². The summed E-state index contributed by atoms with van der Waals surface area (Å²) in [5, 5.41) is 9.27. The molecule has 2 heterocycles. The van der Waals surface area contributed by atoms with Crippen molar-refractivity contribution in [1.82, 2.24) is 19.5 Å². The molecule has 0 spiro atoms.